The molecule has 1 nitrogen and oxygen atoms in total. The third kappa shape index (κ3) is 2.61. The molecule has 0 saturated carbocycles. The van der Waals surface area contributed by atoms with Crippen molar-refractivity contribution in [2.75, 3.05) is 0 Å². The van der Waals surface area contributed by atoms with Gasteiger partial charge in [0, 0.05) is 10.6 Å². The highest BCUT2D eigenvalue weighted by Gasteiger charge is 1.95. The number of hydrogen-bond acceptors (Lipinski definition) is 2. The minimum absolute atomic E-state index is 0.723. The molecule has 0 amide bonds. The van der Waals surface area contributed by atoms with E-state index in [1.54, 1.807) is 0 Å². The molecule has 0 aliphatic rings. The van der Waals surface area contributed by atoms with Crippen molar-refractivity contribution < 1.29 is 0 Å². The van der Waals surface area contributed by atoms with Crippen LogP contribution in [0.2, 0.25) is 0 Å². The minimum atomic E-state index is 0.723. The first-order chi connectivity index (χ1) is 4.09. The monoisotopic (exact) mass is 143 g/mol. The van der Waals surface area contributed by atoms with Gasteiger partial charge < -0.3 is 5.73 Å². The molecule has 0 rings (SSSR count). The van der Waals surface area contributed by atoms with E-state index >= 15 is 0 Å². The maximum absolute atomic E-state index is 5.57. The lowest BCUT2D eigenvalue weighted by Gasteiger charge is -2.02. The maximum atomic E-state index is 5.57. The first-order valence-electron chi connectivity index (χ1n) is 2.93. The first kappa shape index (κ1) is 8.63. The van der Waals surface area contributed by atoms with Crippen molar-refractivity contribution in [2.24, 2.45) is 5.73 Å². The van der Waals surface area contributed by atoms with Crippen molar-refractivity contribution in [1.82, 2.24) is 0 Å². The molecule has 0 aromatic heterocycles. The Morgan fingerprint density at radius 1 is 1.67 bits per heavy atom. The largest absolute Gasteiger partial charge is 0.398 e. The molecule has 52 valence electrons. The number of nitrogens with two attached hydrogens (primary N) is 1. The number of allylic oxidation sites excluding steroid dienone is 2. The Labute approximate surface area is 62.0 Å². The van der Waals surface area contributed by atoms with Crippen LogP contribution >= 0.6 is 12.6 Å². The maximum Gasteiger partial charge on any atom is 0.0431 e. The second-order valence-electron chi connectivity index (χ2n) is 1.96. The molecular formula is C7H13NS. The Bertz CT molecular complexity index is 143. The third-order valence-corrected chi connectivity index (χ3v) is 1.44. The number of thiol groups is 1. The predicted molar refractivity (Wildman–Crippen MR) is 45.3 cm³/mol. The van der Waals surface area contributed by atoms with Crippen LogP contribution < -0.4 is 5.73 Å². The molecule has 0 aliphatic carbocycles. The molecule has 0 heterocycles. The van der Waals surface area contributed by atoms with E-state index < -0.39 is 0 Å². The molecule has 0 radical (unpaired) electrons. The summed E-state index contributed by atoms with van der Waals surface area (Å²) in [7, 11) is 0. The number of rotatable bonds is 2. The SMILES string of the molecule is C=C(CC)/C(N)=C(/C)S. The first-order valence-corrected chi connectivity index (χ1v) is 3.37. The normalized spacial score (nSPS) is 12.8. The molecule has 0 bridgehead atoms. The highest BCUT2D eigenvalue weighted by molar-refractivity contribution is 7.84. The second-order valence-corrected chi connectivity index (χ2v) is 2.63. The Morgan fingerprint density at radius 2 is 2.11 bits per heavy atom. The van der Waals surface area contributed by atoms with E-state index in [2.05, 4.69) is 19.2 Å². The van der Waals surface area contributed by atoms with E-state index in [1.807, 2.05) is 13.8 Å². The molecule has 0 aromatic carbocycles. The summed E-state index contributed by atoms with van der Waals surface area (Å²) in [6, 6.07) is 0. The summed E-state index contributed by atoms with van der Waals surface area (Å²) in [5, 5.41) is 0. The highest BCUT2D eigenvalue weighted by Crippen LogP contribution is 2.12. The summed E-state index contributed by atoms with van der Waals surface area (Å²) in [5.41, 5.74) is 7.26. The van der Waals surface area contributed by atoms with Gasteiger partial charge in [-0.05, 0) is 18.9 Å². The zero-order valence-corrected chi connectivity index (χ0v) is 6.83. The Morgan fingerprint density at radius 3 is 2.22 bits per heavy atom. The van der Waals surface area contributed by atoms with E-state index in [1.165, 1.54) is 0 Å². The van der Waals surface area contributed by atoms with Gasteiger partial charge in [0.25, 0.3) is 0 Å². The van der Waals surface area contributed by atoms with E-state index in [0.717, 1.165) is 22.6 Å². The summed E-state index contributed by atoms with van der Waals surface area (Å²) in [6.45, 7) is 7.64. The van der Waals surface area contributed by atoms with Crippen LogP contribution in [0.3, 0.4) is 0 Å². The predicted octanol–water partition coefficient (Wildman–Crippen LogP) is 2.07. The van der Waals surface area contributed by atoms with Gasteiger partial charge in [-0.2, -0.15) is 0 Å². The molecule has 0 saturated heterocycles. The van der Waals surface area contributed by atoms with Crippen LogP contribution in [0.4, 0.5) is 0 Å². The number of hydrogen-bond donors (Lipinski definition) is 2. The van der Waals surface area contributed by atoms with Gasteiger partial charge in [0.1, 0.15) is 0 Å². The fraction of sp³-hybridized carbons (Fsp3) is 0.429. The van der Waals surface area contributed by atoms with Crippen LogP contribution in [0, 0.1) is 0 Å². The van der Waals surface area contributed by atoms with Crippen LogP contribution in [0.25, 0.3) is 0 Å². The van der Waals surface area contributed by atoms with Crippen LogP contribution in [0.5, 0.6) is 0 Å². The molecule has 0 fully saturated rings. The molecule has 0 unspecified atom stereocenters. The van der Waals surface area contributed by atoms with Gasteiger partial charge in [-0.25, -0.2) is 0 Å². The van der Waals surface area contributed by atoms with Crippen molar-refractivity contribution in [3.63, 3.8) is 0 Å². The van der Waals surface area contributed by atoms with Crippen LogP contribution in [-0.2, 0) is 0 Å². The molecule has 2 N–H and O–H groups in total. The van der Waals surface area contributed by atoms with Crippen LogP contribution in [0.15, 0.2) is 22.8 Å². The van der Waals surface area contributed by atoms with Gasteiger partial charge in [0.2, 0.25) is 0 Å². The lowest BCUT2D eigenvalue weighted by atomic mass is 10.2. The molecule has 2 heteroatoms. The zero-order chi connectivity index (χ0) is 7.44. The summed E-state index contributed by atoms with van der Waals surface area (Å²) in [4.78, 5) is 0.849. The quantitative estimate of drug-likeness (QED) is 0.449. The Kier molecular flexibility index (Phi) is 3.47. The average molecular weight is 143 g/mol. The highest BCUT2D eigenvalue weighted by atomic mass is 32.1. The van der Waals surface area contributed by atoms with Crippen molar-refractivity contribution in [3.8, 4) is 0 Å². The molecule has 0 aromatic rings. The van der Waals surface area contributed by atoms with Crippen molar-refractivity contribution in [1.29, 1.82) is 0 Å². The van der Waals surface area contributed by atoms with Crippen LogP contribution in [-0.4, -0.2) is 0 Å². The van der Waals surface area contributed by atoms with Crippen molar-refractivity contribution in [3.05, 3.63) is 22.8 Å². The van der Waals surface area contributed by atoms with Crippen molar-refractivity contribution in [2.45, 2.75) is 20.3 Å². The van der Waals surface area contributed by atoms with Crippen LogP contribution in [0.1, 0.15) is 20.3 Å². The lowest BCUT2D eigenvalue weighted by Crippen LogP contribution is -2.00. The Hall–Kier alpha value is -0.370. The van der Waals surface area contributed by atoms with Gasteiger partial charge in [-0.1, -0.05) is 13.5 Å². The fourth-order valence-electron chi connectivity index (χ4n) is 0.446. The average Bonchev–Trinajstić information content (AvgIpc) is 1.84. The molecule has 0 atom stereocenters. The Balaban J connectivity index is 4.21. The summed E-state index contributed by atoms with van der Waals surface area (Å²) < 4.78 is 0. The molecule has 9 heavy (non-hydrogen) atoms. The third-order valence-electron chi connectivity index (χ3n) is 1.20. The van der Waals surface area contributed by atoms with E-state index in [-0.39, 0.29) is 0 Å². The van der Waals surface area contributed by atoms with E-state index in [9.17, 15) is 0 Å². The summed E-state index contributed by atoms with van der Waals surface area (Å²) in [5.74, 6) is 0. The molecular weight excluding hydrogens is 130 g/mol. The lowest BCUT2D eigenvalue weighted by molar-refractivity contribution is 1.09. The van der Waals surface area contributed by atoms with Gasteiger partial charge in [-0.3, -0.25) is 0 Å². The molecule has 0 spiro atoms. The van der Waals surface area contributed by atoms with E-state index in [0.29, 0.717) is 0 Å². The van der Waals surface area contributed by atoms with Gasteiger partial charge in [0.15, 0.2) is 0 Å². The van der Waals surface area contributed by atoms with Gasteiger partial charge >= 0.3 is 0 Å². The fourth-order valence-corrected chi connectivity index (χ4v) is 0.604. The summed E-state index contributed by atoms with van der Waals surface area (Å²) in [6.07, 6.45) is 0.893. The van der Waals surface area contributed by atoms with Crippen molar-refractivity contribution >= 4 is 12.6 Å². The van der Waals surface area contributed by atoms with Gasteiger partial charge in [0.05, 0.1) is 0 Å². The molecule has 0 aliphatic heterocycles. The second kappa shape index (κ2) is 3.62. The minimum Gasteiger partial charge on any atom is -0.398 e. The smallest absolute Gasteiger partial charge is 0.0431 e. The van der Waals surface area contributed by atoms with Gasteiger partial charge in [-0.15, -0.1) is 12.6 Å². The zero-order valence-electron chi connectivity index (χ0n) is 5.94. The van der Waals surface area contributed by atoms with E-state index in [4.69, 9.17) is 5.73 Å². The summed E-state index contributed by atoms with van der Waals surface area (Å²) >= 11 is 4.08. The standard InChI is InChI=1S/C7H13NS/c1-4-5(2)7(8)6(3)9/h9H,2,4,8H2,1,3H3/b7-6+. The topological polar surface area (TPSA) is 26.0 Å².